The molecule has 3 rings (SSSR count). The average Bonchev–Trinajstić information content (AvgIpc) is 3.09. The van der Waals surface area contributed by atoms with Gasteiger partial charge < -0.3 is 14.8 Å². The highest BCUT2D eigenvalue weighted by molar-refractivity contribution is 7.20. The first-order valence-electron chi connectivity index (χ1n) is 7.69. The van der Waals surface area contributed by atoms with Gasteiger partial charge in [-0.3, -0.25) is 14.9 Å². The number of amides is 1. The molecule has 1 N–H and O–H groups in total. The summed E-state index contributed by atoms with van der Waals surface area (Å²) in [5, 5.41) is 14.4. The lowest BCUT2D eigenvalue weighted by Crippen LogP contribution is -2.21. The Morgan fingerprint density at radius 3 is 2.58 bits per heavy atom. The molecule has 134 valence electrons. The average molecular weight is 372 g/mol. The minimum absolute atomic E-state index is 0.00702. The molecule has 0 bridgehead atoms. The van der Waals surface area contributed by atoms with E-state index in [0.29, 0.717) is 28.3 Å². The first-order chi connectivity index (χ1) is 12.5. The van der Waals surface area contributed by atoms with Gasteiger partial charge in [0.15, 0.2) is 11.5 Å². The standard InChI is InChI=1S/C18H16N2O5S/c1-24-14-5-3-11(7-15(14)25-2)10-19-18(21)17-9-12-8-13(20(22)23)4-6-16(12)26-17/h3-9H,10H2,1-2H3,(H,19,21). The van der Waals surface area contributed by atoms with Gasteiger partial charge in [-0.1, -0.05) is 6.07 Å². The molecule has 0 aliphatic carbocycles. The topological polar surface area (TPSA) is 90.7 Å². The number of nitro benzene ring substituents is 1. The van der Waals surface area contributed by atoms with Crippen LogP contribution in [0.3, 0.4) is 0 Å². The fourth-order valence-corrected chi connectivity index (χ4v) is 3.48. The zero-order chi connectivity index (χ0) is 18.7. The van der Waals surface area contributed by atoms with Crippen molar-refractivity contribution < 1.29 is 19.2 Å². The van der Waals surface area contributed by atoms with Crippen LogP contribution in [0, 0.1) is 10.1 Å². The number of nitrogens with one attached hydrogen (secondary N) is 1. The number of methoxy groups -OCH3 is 2. The molecule has 8 heteroatoms. The molecule has 0 radical (unpaired) electrons. The molecule has 1 heterocycles. The number of carbonyl (C=O) groups excluding carboxylic acids is 1. The second kappa shape index (κ2) is 7.40. The first-order valence-corrected chi connectivity index (χ1v) is 8.50. The number of ether oxygens (including phenoxy) is 2. The third-order valence-electron chi connectivity index (χ3n) is 3.84. The van der Waals surface area contributed by atoms with E-state index in [1.807, 2.05) is 6.07 Å². The van der Waals surface area contributed by atoms with Crippen LogP contribution in [0.15, 0.2) is 42.5 Å². The van der Waals surface area contributed by atoms with Crippen LogP contribution in [-0.2, 0) is 6.54 Å². The number of nitrogens with zero attached hydrogens (tertiary/aromatic N) is 1. The summed E-state index contributed by atoms with van der Waals surface area (Å²) < 4.78 is 11.3. The molecule has 0 aliphatic rings. The molecular weight excluding hydrogens is 356 g/mol. The maximum absolute atomic E-state index is 12.4. The van der Waals surface area contributed by atoms with Gasteiger partial charge in [-0.15, -0.1) is 11.3 Å². The number of hydrogen-bond acceptors (Lipinski definition) is 6. The zero-order valence-corrected chi connectivity index (χ0v) is 15.0. The first kappa shape index (κ1) is 17.7. The van der Waals surface area contributed by atoms with Gasteiger partial charge in [0.1, 0.15) is 0 Å². The normalized spacial score (nSPS) is 10.5. The highest BCUT2D eigenvalue weighted by atomic mass is 32.1. The fourth-order valence-electron chi connectivity index (χ4n) is 2.52. The van der Waals surface area contributed by atoms with E-state index in [0.717, 1.165) is 10.3 Å². The van der Waals surface area contributed by atoms with E-state index in [1.54, 1.807) is 38.5 Å². The molecule has 3 aromatic rings. The largest absolute Gasteiger partial charge is 0.493 e. The van der Waals surface area contributed by atoms with Gasteiger partial charge in [-0.2, -0.15) is 0 Å². The summed E-state index contributed by atoms with van der Waals surface area (Å²) >= 11 is 1.30. The highest BCUT2D eigenvalue weighted by Crippen LogP contribution is 2.29. The smallest absolute Gasteiger partial charge is 0.270 e. The molecule has 1 amide bonds. The molecule has 7 nitrogen and oxygen atoms in total. The van der Waals surface area contributed by atoms with Crippen LogP contribution in [0.1, 0.15) is 15.2 Å². The molecule has 0 saturated heterocycles. The Bertz CT molecular complexity index is 983. The van der Waals surface area contributed by atoms with Gasteiger partial charge in [-0.25, -0.2) is 0 Å². The SMILES string of the molecule is COc1ccc(CNC(=O)c2cc3cc([N+](=O)[O-])ccc3s2)cc1OC. The van der Waals surface area contributed by atoms with Crippen molar-refractivity contribution in [3.8, 4) is 11.5 Å². The fraction of sp³-hybridized carbons (Fsp3) is 0.167. The maximum atomic E-state index is 12.4. The highest BCUT2D eigenvalue weighted by Gasteiger charge is 2.13. The lowest BCUT2D eigenvalue weighted by atomic mass is 10.2. The Hall–Kier alpha value is -3.13. The van der Waals surface area contributed by atoms with Gasteiger partial charge in [0.2, 0.25) is 0 Å². The van der Waals surface area contributed by atoms with Crippen LogP contribution in [0.2, 0.25) is 0 Å². The second-order valence-corrected chi connectivity index (χ2v) is 6.55. The van der Waals surface area contributed by atoms with Gasteiger partial charge in [-0.05, 0) is 29.8 Å². The van der Waals surface area contributed by atoms with Crippen molar-refractivity contribution in [1.29, 1.82) is 0 Å². The molecule has 1 aromatic heterocycles. The Morgan fingerprint density at radius 2 is 1.88 bits per heavy atom. The summed E-state index contributed by atoms with van der Waals surface area (Å²) in [6.07, 6.45) is 0. The van der Waals surface area contributed by atoms with Crippen molar-refractivity contribution in [2.75, 3.05) is 14.2 Å². The molecule has 26 heavy (non-hydrogen) atoms. The summed E-state index contributed by atoms with van der Waals surface area (Å²) in [7, 11) is 3.11. The Labute approximate surface area is 153 Å². The maximum Gasteiger partial charge on any atom is 0.270 e. The van der Waals surface area contributed by atoms with Gasteiger partial charge in [0.25, 0.3) is 11.6 Å². The predicted molar refractivity (Wildman–Crippen MR) is 99.2 cm³/mol. The summed E-state index contributed by atoms with van der Waals surface area (Å²) in [5.41, 5.74) is 0.875. The van der Waals surface area contributed by atoms with Crippen LogP contribution in [-0.4, -0.2) is 25.1 Å². The van der Waals surface area contributed by atoms with Crippen molar-refractivity contribution in [3.63, 3.8) is 0 Å². The van der Waals surface area contributed by atoms with E-state index in [9.17, 15) is 14.9 Å². The van der Waals surface area contributed by atoms with Crippen molar-refractivity contribution >= 4 is 33.0 Å². The molecule has 0 saturated carbocycles. The summed E-state index contributed by atoms with van der Waals surface area (Å²) in [6.45, 7) is 0.327. The van der Waals surface area contributed by atoms with Crippen LogP contribution in [0.25, 0.3) is 10.1 Å². The quantitative estimate of drug-likeness (QED) is 0.525. The molecule has 0 spiro atoms. The van der Waals surface area contributed by atoms with E-state index in [2.05, 4.69) is 5.32 Å². The number of nitro groups is 1. The Balaban J connectivity index is 1.74. The molecular formula is C18H16N2O5S. The van der Waals surface area contributed by atoms with Crippen molar-refractivity contribution in [3.05, 3.63) is 63.0 Å². The van der Waals surface area contributed by atoms with Crippen molar-refractivity contribution in [1.82, 2.24) is 5.32 Å². The van der Waals surface area contributed by atoms with E-state index < -0.39 is 4.92 Å². The number of hydrogen-bond donors (Lipinski definition) is 1. The predicted octanol–water partition coefficient (Wildman–Crippen LogP) is 3.76. The summed E-state index contributed by atoms with van der Waals surface area (Å²) in [4.78, 5) is 23.3. The number of benzene rings is 2. The zero-order valence-electron chi connectivity index (χ0n) is 14.1. The van der Waals surface area contributed by atoms with E-state index in [-0.39, 0.29) is 11.6 Å². The van der Waals surface area contributed by atoms with Gasteiger partial charge >= 0.3 is 0 Å². The van der Waals surface area contributed by atoms with Crippen LogP contribution < -0.4 is 14.8 Å². The molecule has 0 atom stereocenters. The minimum atomic E-state index is -0.450. The van der Waals surface area contributed by atoms with E-state index in [4.69, 9.17) is 9.47 Å². The lowest BCUT2D eigenvalue weighted by Gasteiger charge is -2.10. The number of fused-ring (bicyclic) bond motifs is 1. The van der Waals surface area contributed by atoms with Crippen LogP contribution in [0.4, 0.5) is 5.69 Å². The number of non-ortho nitro benzene ring substituents is 1. The molecule has 0 aliphatic heterocycles. The number of thiophene rings is 1. The van der Waals surface area contributed by atoms with Gasteiger partial charge in [0, 0.05) is 28.8 Å². The van der Waals surface area contributed by atoms with Gasteiger partial charge in [0.05, 0.1) is 24.0 Å². The van der Waals surface area contributed by atoms with Crippen molar-refractivity contribution in [2.45, 2.75) is 6.54 Å². The van der Waals surface area contributed by atoms with Crippen LogP contribution >= 0.6 is 11.3 Å². The van der Waals surface area contributed by atoms with Crippen molar-refractivity contribution in [2.24, 2.45) is 0 Å². The number of rotatable bonds is 6. The Morgan fingerprint density at radius 1 is 1.12 bits per heavy atom. The molecule has 2 aromatic carbocycles. The summed E-state index contributed by atoms with van der Waals surface area (Å²) in [5.74, 6) is 0.978. The van der Waals surface area contributed by atoms with E-state index >= 15 is 0 Å². The third kappa shape index (κ3) is 3.60. The second-order valence-electron chi connectivity index (χ2n) is 5.46. The minimum Gasteiger partial charge on any atom is -0.493 e. The molecule has 0 unspecified atom stereocenters. The summed E-state index contributed by atoms with van der Waals surface area (Å²) in [6, 6.07) is 11.6. The van der Waals surface area contributed by atoms with E-state index in [1.165, 1.54) is 23.5 Å². The van der Waals surface area contributed by atoms with Crippen LogP contribution in [0.5, 0.6) is 11.5 Å². The third-order valence-corrected chi connectivity index (χ3v) is 4.95. The Kier molecular flexibility index (Phi) is 5.04. The lowest BCUT2D eigenvalue weighted by molar-refractivity contribution is -0.384. The monoisotopic (exact) mass is 372 g/mol. The molecule has 0 fully saturated rings. The number of carbonyl (C=O) groups is 1.